The highest BCUT2D eigenvalue weighted by Gasteiger charge is 2.25. The molecule has 1 aromatic heterocycles. The third-order valence-corrected chi connectivity index (χ3v) is 5.32. The number of aromatic nitrogens is 2. The van der Waals surface area contributed by atoms with Crippen molar-refractivity contribution >= 4 is 16.7 Å². The maximum atomic E-state index is 13.1. The first kappa shape index (κ1) is 19.3. The van der Waals surface area contributed by atoms with Crippen LogP contribution in [0.1, 0.15) is 11.1 Å². The average molecular weight is 392 g/mol. The second-order valence-corrected chi connectivity index (χ2v) is 7.50. The van der Waals surface area contributed by atoms with Gasteiger partial charge in [-0.2, -0.15) is 5.10 Å². The lowest BCUT2D eigenvalue weighted by atomic mass is 9.99. The molecule has 0 unspecified atom stereocenters. The van der Waals surface area contributed by atoms with Crippen LogP contribution in [-0.2, 0) is 16.2 Å². The molecule has 7 heteroatoms. The Morgan fingerprint density at radius 3 is 2.72 bits per heavy atom. The average Bonchev–Trinajstić information content (AvgIpc) is 2.72. The van der Waals surface area contributed by atoms with Gasteiger partial charge in [0.05, 0.1) is 24.4 Å². The van der Waals surface area contributed by atoms with E-state index in [1.54, 1.807) is 0 Å². The number of rotatable bonds is 4. The molecule has 1 aliphatic rings. The zero-order chi connectivity index (χ0) is 20.5. The van der Waals surface area contributed by atoms with Gasteiger partial charge in [0.1, 0.15) is 6.10 Å². The molecule has 1 atom stereocenters. The Kier molecular flexibility index (Phi) is 5.17. The fourth-order valence-corrected chi connectivity index (χ4v) is 3.71. The standard InChI is InChI=1S/C22H24N4O3/c1-14-7-8-15(2)18(11-14)20-16-5-3-4-6-17(16)22(28)26(24-20)13-25-9-10-29-19(12-25)21(23)27/h3-8,11,19H,9-10,12-13H2,1-2H3,(H2,23,27)/t19-/m0/s1. The molecule has 150 valence electrons. The Bertz CT molecular complexity index is 1140. The summed E-state index contributed by atoms with van der Waals surface area (Å²) < 4.78 is 6.88. The van der Waals surface area contributed by atoms with Crippen LogP contribution in [0, 0.1) is 13.8 Å². The number of primary amides is 1. The molecule has 1 aliphatic heterocycles. The lowest BCUT2D eigenvalue weighted by Crippen LogP contribution is -2.49. The van der Waals surface area contributed by atoms with Gasteiger partial charge in [-0.25, -0.2) is 4.68 Å². The van der Waals surface area contributed by atoms with Gasteiger partial charge in [-0.3, -0.25) is 14.5 Å². The number of nitrogens with two attached hydrogens (primary N) is 1. The molecule has 2 aromatic carbocycles. The molecule has 0 bridgehead atoms. The Balaban J connectivity index is 1.81. The van der Waals surface area contributed by atoms with Crippen LogP contribution < -0.4 is 11.3 Å². The van der Waals surface area contributed by atoms with Crippen molar-refractivity contribution in [3.8, 4) is 11.3 Å². The first-order valence-corrected chi connectivity index (χ1v) is 9.65. The number of ether oxygens (including phenoxy) is 1. The van der Waals surface area contributed by atoms with Crippen molar-refractivity contribution in [3.05, 3.63) is 63.9 Å². The van der Waals surface area contributed by atoms with E-state index in [4.69, 9.17) is 15.6 Å². The molecule has 2 heterocycles. The van der Waals surface area contributed by atoms with Gasteiger partial charge in [0, 0.05) is 24.0 Å². The van der Waals surface area contributed by atoms with Crippen LogP contribution in [0.25, 0.3) is 22.0 Å². The summed E-state index contributed by atoms with van der Waals surface area (Å²) in [7, 11) is 0. The summed E-state index contributed by atoms with van der Waals surface area (Å²) >= 11 is 0. The van der Waals surface area contributed by atoms with Crippen LogP contribution >= 0.6 is 0 Å². The topological polar surface area (TPSA) is 90.4 Å². The molecule has 0 radical (unpaired) electrons. The largest absolute Gasteiger partial charge is 0.367 e. The summed E-state index contributed by atoms with van der Waals surface area (Å²) in [6.07, 6.45) is -0.668. The quantitative estimate of drug-likeness (QED) is 0.731. The van der Waals surface area contributed by atoms with E-state index in [0.717, 1.165) is 27.8 Å². The van der Waals surface area contributed by atoms with Gasteiger partial charge in [0.15, 0.2) is 0 Å². The number of nitrogens with zero attached hydrogens (tertiary/aromatic N) is 3. The minimum Gasteiger partial charge on any atom is -0.367 e. The number of hydrogen-bond donors (Lipinski definition) is 1. The summed E-state index contributed by atoms with van der Waals surface area (Å²) in [6.45, 7) is 5.69. The van der Waals surface area contributed by atoms with Crippen molar-refractivity contribution in [1.82, 2.24) is 14.7 Å². The zero-order valence-electron chi connectivity index (χ0n) is 16.6. The minimum absolute atomic E-state index is 0.156. The van der Waals surface area contributed by atoms with Crippen LogP contribution in [0.2, 0.25) is 0 Å². The third-order valence-electron chi connectivity index (χ3n) is 5.32. The normalized spacial score (nSPS) is 17.5. The van der Waals surface area contributed by atoms with E-state index in [9.17, 15) is 9.59 Å². The lowest BCUT2D eigenvalue weighted by molar-refractivity contribution is -0.136. The molecule has 1 saturated heterocycles. The van der Waals surface area contributed by atoms with E-state index < -0.39 is 12.0 Å². The summed E-state index contributed by atoms with van der Waals surface area (Å²) in [5.41, 5.74) is 9.24. The van der Waals surface area contributed by atoms with E-state index in [1.165, 1.54) is 4.68 Å². The van der Waals surface area contributed by atoms with Crippen molar-refractivity contribution in [1.29, 1.82) is 0 Å². The van der Waals surface area contributed by atoms with Crippen molar-refractivity contribution in [2.75, 3.05) is 19.7 Å². The highest BCUT2D eigenvalue weighted by Crippen LogP contribution is 2.28. The van der Waals surface area contributed by atoms with E-state index >= 15 is 0 Å². The monoisotopic (exact) mass is 392 g/mol. The first-order chi connectivity index (χ1) is 13.9. The molecule has 1 fully saturated rings. The highest BCUT2D eigenvalue weighted by atomic mass is 16.5. The van der Waals surface area contributed by atoms with Crippen LogP contribution in [-0.4, -0.2) is 46.4 Å². The van der Waals surface area contributed by atoms with Crippen molar-refractivity contribution in [3.63, 3.8) is 0 Å². The summed E-state index contributed by atoms with van der Waals surface area (Å²) in [4.78, 5) is 26.6. The first-order valence-electron chi connectivity index (χ1n) is 9.65. The summed E-state index contributed by atoms with van der Waals surface area (Å²) in [5.74, 6) is -0.496. The van der Waals surface area contributed by atoms with Crippen molar-refractivity contribution < 1.29 is 9.53 Å². The van der Waals surface area contributed by atoms with Crippen LogP contribution in [0.15, 0.2) is 47.3 Å². The smallest absolute Gasteiger partial charge is 0.275 e. The maximum absolute atomic E-state index is 13.1. The number of morpholine rings is 1. The highest BCUT2D eigenvalue weighted by molar-refractivity contribution is 5.94. The number of benzene rings is 2. The zero-order valence-corrected chi connectivity index (χ0v) is 16.6. The van der Waals surface area contributed by atoms with E-state index in [2.05, 4.69) is 18.2 Å². The molecule has 7 nitrogen and oxygen atoms in total. The Morgan fingerprint density at radius 2 is 1.97 bits per heavy atom. The molecular formula is C22H24N4O3. The fraction of sp³-hybridized carbons (Fsp3) is 0.318. The number of aryl methyl sites for hydroxylation is 2. The van der Waals surface area contributed by atoms with Gasteiger partial charge in [-0.1, -0.05) is 35.9 Å². The number of carbonyl (C=O) groups is 1. The van der Waals surface area contributed by atoms with Crippen molar-refractivity contribution in [2.45, 2.75) is 26.6 Å². The molecule has 1 amide bonds. The van der Waals surface area contributed by atoms with E-state index in [-0.39, 0.29) is 12.2 Å². The summed E-state index contributed by atoms with van der Waals surface area (Å²) in [5, 5.41) is 6.20. The Morgan fingerprint density at radius 1 is 1.21 bits per heavy atom. The molecule has 4 rings (SSSR count). The predicted octanol–water partition coefficient (Wildman–Crippen LogP) is 1.82. The van der Waals surface area contributed by atoms with Crippen LogP contribution in [0.3, 0.4) is 0 Å². The van der Waals surface area contributed by atoms with Gasteiger partial charge < -0.3 is 10.5 Å². The number of fused-ring (bicyclic) bond motifs is 1. The molecule has 2 N–H and O–H groups in total. The number of carbonyl (C=O) groups excluding carboxylic acids is 1. The fourth-order valence-electron chi connectivity index (χ4n) is 3.71. The maximum Gasteiger partial charge on any atom is 0.275 e. The molecular weight excluding hydrogens is 368 g/mol. The SMILES string of the molecule is Cc1ccc(C)c(-c2nn(CN3CCO[C@H](C(N)=O)C3)c(=O)c3ccccc23)c1. The molecule has 0 spiro atoms. The van der Waals surface area contributed by atoms with Crippen LogP contribution in [0.5, 0.6) is 0 Å². The van der Waals surface area contributed by atoms with Gasteiger partial charge in [-0.15, -0.1) is 0 Å². The second-order valence-electron chi connectivity index (χ2n) is 7.50. The van der Waals surface area contributed by atoms with E-state index in [0.29, 0.717) is 25.1 Å². The Hall–Kier alpha value is -3.03. The molecule has 3 aromatic rings. The van der Waals surface area contributed by atoms with Gasteiger partial charge in [0.25, 0.3) is 5.56 Å². The van der Waals surface area contributed by atoms with Crippen molar-refractivity contribution in [2.24, 2.45) is 5.73 Å². The predicted molar refractivity (Wildman–Crippen MR) is 111 cm³/mol. The van der Waals surface area contributed by atoms with Gasteiger partial charge in [-0.05, 0) is 31.5 Å². The van der Waals surface area contributed by atoms with E-state index in [1.807, 2.05) is 43.0 Å². The Labute approximate surface area is 168 Å². The minimum atomic E-state index is -0.668. The molecule has 0 aliphatic carbocycles. The second kappa shape index (κ2) is 7.77. The van der Waals surface area contributed by atoms with Crippen LogP contribution in [0.4, 0.5) is 0 Å². The third kappa shape index (κ3) is 3.79. The summed E-state index contributed by atoms with van der Waals surface area (Å²) in [6, 6.07) is 13.8. The number of hydrogen-bond acceptors (Lipinski definition) is 5. The van der Waals surface area contributed by atoms with Gasteiger partial charge in [0.2, 0.25) is 5.91 Å². The number of amides is 1. The lowest BCUT2D eigenvalue weighted by Gasteiger charge is -2.31. The molecule has 0 saturated carbocycles. The van der Waals surface area contributed by atoms with Gasteiger partial charge >= 0.3 is 0 Å². The molecule has 29 heavy (non-hydrogen) atoms.